The Hall–Kier alpha value is -1.40. The molecule has 3 aliphatic rings. The normalized spacial score (nSPS) is 30.6. The van der Waals surface area contributed by atoms with Crippen molar-refractivity contribution >= 4 is 32.8 Å². The minimum absolute atomic E-state index is 0.0959. The molecule has 0 saturated carbocycles. The quantitative estimate of drug-likeness (QED) is 0.891. The second-order valence-corrected chi connectivity index (χ2v) is 7.21. The fourth-order valence-electron chi connectivity index (χ4n) is 3.73. The molecule has 0 aromatic carbocycles. The standard InChI is InChI=1S/C16H18BrN3O2/c1-9-4-10-2-3-20(9)7-14(10)19-16(21)13-5-11-12(17)8-22-15(11)6-18-13/h5-6,8-10,14H,2-4,7H2,1H3,(H,19,21). The maximum Gasteiger partial charge on any atom is 0.270 e. The van der Waals surface area contributed by atoms with Crippen LogP contribution in [0.5, 0.6) is 0 Å². The minimum Gasteiger partial charge on any atom is -0.461 e. The Morgan fingerprint density at radius 1 is 1.55 bits per heavy atom. The number of piperidine rings is 3. The van der Waals surface area contributed by atoms with Gasteiger partial charge in [0, 0.05) is 24.0 Å². The van der Waals surface area contributed by atoms with Crippen LogP contribution in [0.25, 0.3) is 11.0 Å². The van der Waals surface area contributed by atoms with Crippen molar-refractivity contribution in [1.82, 2.24) is 15.2 Å². The molecule has 5 heterocycles. The average molecular weight is 364 g/mol. The van der Waals surface area contributed by atoms with Crippen molar-refractivity contribution < 1.29 is 9.21 Å². The third-order valence-electron chi connectivity index (χ3n) is 5.02. The van der Waals surface area contributed by atoms with Crippen molar-refractivity contribution in [2.75, 3.05) is 13.1 Å². The van der Waals surface area contributed by atoms with Crippen molar-refractivity contribution in [3.05, 3.63) is 28.7 Å². The summed E-state index contributed by atoms with van der Waals surface area (Å²) >= 11 is 3.42. The summed E-state index contributed by atoms with van der Waals surface area (Å²) in [6, 6.07) is 2.66. The van der Waals surface area contributed by atoms with Crippen LogP contribution in [-0.2, 0) is 0 Å². The zero-order chi connectivity index (χ0) is 15.3. The van der Waals surface area contributed by atoms with Gasteiger partial charge in [0.05, 0.1) is 10.7 Å². The molecule has 3 fully saturated rings. The molecule has 5 rings (SSSR count). The predicted octanol–water partition coefficient (Wildman–Crippen LogP) is 2.80. The first-order valence-corrected chi connectivity index (χ1v) is 8.49. The molecule has 3 saturated heterocycles. The Kier molecular flexibility index (Phi) is 3.46. The van der Waals surface area contributed by atoms with Gasteiger partial charge in [-0.1, -0.05) is 0 Å². The van der Waals surface area contributed by atoms with Crippen molar-refractivity contribution in [3.63, 3.8) is 0 Å². The molecule has 1 N–H and O–H groups in total. The molecule has 5 nitrogen and oxygen atoms in total. The lowest BCUT2D eigenvalue weighted by atomic mass is 9.80. The first-order chi connectivity index (χ1) is 10.6. The highest BCUT2D eigenvalue weighted by molar-refractivity contribution is 9.10. The van der Waals surface area contributed by atoms with Gasteiger partial charge in [-0.25, -0.2) is 4.98 Å². The van der Waals surface area contributed by atoms with E-state index in [1.165, 1.54) is 12.8 Å². The molecule has 4 atom stereocenters. The van der Waals surface area contributed by atoms with Crippen molar-refractivity contribution in [1.29, 1.82) is 0 Å². The summed E-state index contributed by atoms with van der Waals surface area (Å²) in [5, 5.41) is 4.05. The topological polar surface area (TPSA) is 58.4 Å². The van der Waals surface area contributed by atoms with E-state index in [1.807, 2.05) is 0 Å². The van der Waals surface area contributed by atoms with Gasteiger partial charge in [-0.15, -0.1) is 0 Å². The van der Waals surface area contributed by atoms with Gasteiger partial charge in [-0.2, -0.15) is 0 Å². The zero-order valence-electron chi connectivity index (χ0n) is 12.4. The van der Waals surface area contributed by atoms with E-state index < -0.39 is 0 Å². The van der Waals surface area contributed by atoms with Gasteiger partial charge in [0.25, 0.3) is 5.91 Å². The van der Waals surface area contributed by atoms with Gasteiger partial charge in [-0.3, -0.25) is 9.69 Å². The lowest BCUT2D eigenvalue weighted by Crippen LogP contribution is -2.60. The third-order valence-corrected chi connectivity index (χ3v) is 5.63. The Morgan fingerprint density at radius 2 is 2.41 bits per heavy atom. The summed E-state index contributed by atoms with van der Waals surface area (Å²) in [5.74, 6) is 0.495. The fraction of sp³-hybridized carbons (Fsp3) is 0.500. The van der Waals surface area contributed by atoms with Gasteiger partial charge in [0.1, 0.15) is 12.0 Å². The van der Waals surface area contributed by atoms with Crippen LogP contribution in [0.4, 0.5) is 0 Å². The second kappa shape index (κ2) is 5.35. The molecule has 0 spiro atoms. The van der Waals surface area contributed by atoms with Gasteiger partial charge in [0.2, 0.25) is 0 Å². The van der Waals surface area contributed by atoms with E-state index in [9.17, 15) is 4.79 Å². The molecule has 0 aliphatic carbocycles. The Balaban J connectivity index is 1.53. The molecule has 3 aliphatic heterocycles. The van der Waals surface area contributed by atoms with Gasteiger partial charge in [0.15, 0.2) is 5.58 Å². The molecule has 4 unspecified atom stereocenters. The van der Waals surface area contributed by atoms with Gasteiger partial charge in [-0.05, 0) is 54.2 Å². The molecule has 6 heteroatoms. The number of nitrogens with zero attached hydrogens (tertiary/aromatic N) is 2. The van der Waals surface area contributed by atoms with Crippen molar-refractivity contribution in [2.45, 2.75) is 31.8 Å². The van der Waals surface area contributed by atoms with E-state index in [-0.39, 0.29) is 11.9 Å². The van der Waals surface area contributed by atoms with Crippen LogP contribution in [0, 0.1) is 5.92 Å². The monoisotopic (exact) mass is 363 g/mol. The number of carbonyl (C=O) groups excluding carboxylic acids is 1. The van der Waals surface area contributed by atoms with E-state index >= 15 is 0 Å². The third kappa shape index (κ3) is 2.34. The first kappa shape index (κ1) is 14.2. The highest BCUT2D eigenvalue weighted by atomic mass is 79.9. The lowest BCUT2D eigenvalue weighted by Gasteiger charge is -2.48. The van der Waals surface area contributed by atoms with Crippen LogP contribution in [0.2, 0.25) is 0 Å². The first-order valence-electron chi connectivity index (χ1n) is 7.69. The molecule has 0 radical (unpaired) electrons. The molecule has 116 valence electrons. The number of pyridine rings is 1. The van der Waals surface area contributed by atoms with Crippen LogP contribution in [-0.4, -0.2) is 41.0 Å². The number of furan rings is 1. The maximum absolute atomic E-state index is 12.5. The molecular formula is C16H18BrN3O2. The Morgan fingerprint density at radius 3 is 3.14 bits per heavy atom. The van der Waals surface area contributed by atoms with Crippen LogP contribution < -0.4 is 5.32 Å². The molecular weight excluding hydrogens is 346 g/mol. The summed E-state index contributed by atoms with van der Waals surface area (Å²) in [4.78, 5) is 19.2. The van der Waals surface area contributed by atoms with Gasteiger partial charge < -0.3 is 9.73 Å². The Bertz CT molecular complexity index is 729. The van der Waals surface area contributed by atoms with Crippen LogP contribution in [0.3, 0.4) is 0 Å². The van der Waals surface area contributed by atoms with E-state index in [1.54, 1.807) is 18.5 Å². The highest BCUT2D eigenvalue weighted by Gasteiger charge is 2.38. The predicted molar refractivity (Wildman–Crippen MR) is 86.7 cm³/mol. The molecule has 2 aromatic heterocycles. The number of hydrogen-bond donors (Lipinski definition) is 1. The summed E-state index contributed by atoms with van der Waals surface area (Å²) in [5.41, 5.74) is 1.12. The molecule has 2 aromatic rings. The van der Waals surface area contributed by atoms with Crippen LogP contribution in [0.15, 0.2) is 27.4 Å². The summed E-state index contributed by atoms with van der Waals surface area (Å²) in [7, 11) is 0. The SMILES string of the molecule is CC1CC2CCN1CC2NC(=O)c1cc2c(Br)coc2cn1. The minimum atomic E-state index is -0.0959. The van der Waals surface area contributed by atoms with Crippen LogP contribution in [0.1, 0.15) is 30.3 Å². The zero-order valence-corrected chi connectivity index (χ0v) is 14.0. The number of aromatic nitrogens is 1. The Labute approximate surface area is 137 Å². The molecule has 1 amide bonds. The number of carbonyl (C=O) groups is 1. The van der Waals surface area contributed by atoms with E-state index in [4.69, 9.17) is 4.42 Å². The summed E-state index contributed by atoms with van der Waals surface area (Å²) < 4.78 is 6.18. The van der Waals surface area contributed by atoms with Gasteiger partial charge >= 0.3 is 0 Å². The summed E-state index contributed by atoms with van der Waals surface area (Å²) in [6.07, 6.45) is 5.57. The number of nitrogens with one attached hydrogen (secondary N) is 1. The van der Waals surface area contributed by atoms with Crippen molar-refractivity contribution in [3.8, 4) is 0 Å². The number of fused-ring (bicyclic) bond motifs is 4. The van der Waals surface area contributed by atoms with Crippen molar-refractivity contribution in [2.24, 2.45) is 5.92 Å². The maximum atomic E-state index is 12.5. The number of rotatable bonds is 2. The number of hydrogen-bond acceptors (Lipinski definition) is 4. The second-order valence-electron chi connectivity index (χ2n) is 6.36. The average Bonchev–Trinajstić information content (AvgIpc) is 2.89. The van der Waals surface area contributed by atoms with E-state index in [2.05, 4.69) is 38.1 Å². The lowest BCUT2D eigenvalue weighted by molar-refractivity contribution is 0.0273. The van der Waals surface area contributed by atoms with E-state index in [0.29, 0.717) is 23.2 Å². The largest absolute Gasteiger partial charge is 0.461 e. The number of amides is 1. The van der Waals surface area contributed by atoms with E-state index in [0.717, 1.165) is 22.9 Å². The molecule has 2 bridgehead atoms. The number of halogens is 1. The smallest absolute Gasteiger partial charge is 0.270 e. The van der Waals surface area contributed by atoms with Crippen LogP contribution >= 0.6 is 15.9 Å². The highest BCUT2D eigenvalue weighted by Crippen LogP contribution is 2.32. The summed E-state index contributed by atoms with van der Waals surface area (Å²) in [6.45, 7) is 4.38. The molecule has 22 heavy (non-hydrogen) atoms. The fourth-order valence-corrected chi connectivity index (χ4v) is 4.13.